The molecule has 0 saturated heterocycles. The van der Waals surface area contributed by atoms with Gasteiger partial charge in [0.1, 0.15) is 0 Å². The Bertz CT molecular complexity index is 305. The summed E-state index contributed by atoms with van der Waals surface area (Å²) in [7, 11) is 0. The van der Waals surface area contributed by atoms with Crippen LogP contribution in [0.5, 0.6) is 0 Å². The van der Waals surface area contributed by atoms with Crippen molar-refractivity contribution in [2.45, 2.75) is 32.9 Å². The van der Waals surface area contributed by atoms with Crippen LogP contribution in [0.25, 0.3) is 0 Å². The molecule has 2 unspecified atom stereocenters. The van der Waals surface area contributed by atoms with Gasteiger partial charge in [0.25, 0.3) is 0 Å². The number of carboxylic acid groups (broad SMARTS) is 1. The van der Waals surface area contributed by atoms with Crippen LogP contribution in [0, 0.1) is 5.92 Å². The number of carbonyl (C=O) groups excluding carboxylic acids is 2. The van der Waals surface area contributed by atoms with Crippen molar-refractivity contribution >= 4 is 28.8 Å². The first-order valence-electron chi connectivity index (χ1n) is 5.10. The highest BCUT2D eigenvalue weighted by Gasteiger charge is 2.26. The lowest BCUT2D eigenvalue weighted by molar-refractivity contribution is -0.145. The molecule has 0 aliphatic rings. The van der Waals surface area contributed by atoms with E-state index < -0.39 is 29.9 Å². The maximum absolute atomic E-state index is 11.6. The van der Waals surface area contributed by atoms with Crippen molar-refractivity contribution in [2.75, 3.05) is 5.75 Å². The minimum Gasteiger partial charge on any atom is -0.480 e. The molecule has 6 nitrogen and oxygen atoms in total. The number of hydrogen-bond acceptors (Lipinski definition) is 5. The minimum absolute atomic E-state index is 0.102. The second-order valence-corrected chi connectivity index (χ2v) is 4.97. The lowest BCUT2D eigenvalue weighted by atomic mass is 10.1. The molecule has 0 heterocycles. The lowest BCUT2D eigenvalue weighted by Gasteiger charge is -2.19. The predicted octanol–water partition coefficient (Wildman–Crippen LogP) is -0.148. The van der Waals surface area contributed by atoms with E-state index in [4.69, 9.17) is 5.11 Å². The second-order valence-electron chi connectivity index (χ2n) is 3.77. The molecule has 0 aromatic rings. The van der Waals surface area contributed by atoms with Gasteiger partial charge >= 0.3 is 5.97 Å². The zero-order chi connectivity index (χ0) is 13.6. The SMILES string of the molecule is CC(=O)SCC(C)C(=O)N[C@H](C(=O)O)C(C)O. The molecular weight excluding hydrogens is 246 g/mol. The van der Waals surface area contributed by atoms with Gasteiger partial charge in [-0.15, -0.1) is 0 Å². The van der Waals surface area contributed by atoms with Gasteiger partial charge in [-0.05, 0) is 6.92 Å². The van der Waals surface area contributed by atoms with Crippen molar-refractivity contribution in [3.8, 4) is 0 Å². The van der Waals surface area contributed by atoms with Crippen LogP contribution in [0.1, 0.15) is 20.8 Å². The quantitative estimate of drug-likeness (QED) is 0.616. The van der Waals surface area contributed by atoms with Gasteiger partial charge in [-0.3, -0.25) is 9.59 Å². The van der Waals surface area contributed by atoms with E-state index in [0.717, 1.165) is 11.8 Å². The molecule has 0 aromatic carbocycles. The first kappa shape index (κ1) is 15.9. The Balaban J connectivity index is 4.31. The summed E-state index contributed by atoms with van der Waals surface area (Å²) in [4.78, 5) is 33.0. The van der Waals surface area contributed by atoms with E-state index >= 15 is 0 Å². The molecule has 3 atom stereocenters. The number of aliphatic hydroxyl groups excluding tert-OH is 1. The molecule has 0 radical (unpaired) electrons. The van der Waals surface area contributed by atoms with Crippen molar-refractivity contribution in [2.24, 2.45) is 5.92 Å². The molecule has 0 bridgehead atoms. The molecule has 0 saturated carbocycles. The Labute approximate surface area is 104 Å². The van der Waals surface area contributed by atoms with E-state index in [1.807, 2.05) is 0 Å². The van der Waals surface area contributed by atoms with Crippen molar-refractivity contribution in [3.05, 3.63) is 0 Å². The average molecular weight is 263 g/mol. The molecular formula is C10H17NO5S. The maximum atomic E-state index is 11.6. The average Bonchev–Trinajstić information content (AvgIpc) is 2.20. The normalized spacial score (nSPS) is 15.8. The van der Waals surface area contributed by atoms with Crippen LogP contribution in [-0.2, 0) is 14.4 Å². The molecule has 0 aliphatic heterocycles. The summed E-state index contributed by atoms with van der Waals surface area (Å²) in [6.07, 6.45) is -1.18. The van der Waals surface area contributed by atoms with Crippen molar-refractivity contribution in [1.82, 2.24) is 5.32 Å². The van der Waals surface area contributed by atoms with Crippen LogP contribution in [0.3, 0.4) is 0 Å². The van der Waals surface area contributed by atoms with Crippen LogP contribution in [-0.4, -0.2) is 45.1 Å². The summed E-state index contributed by atoms with van der Waals surface area (Å²) in [6.45, 7) is 4.27. The van der Waals surface area contributed by atoms with Gasteiger partial charge in [-0.2, -0.15) is 0 Å². The van der Waals surface area contributed by atoms with E-state index in [2.05, 4.69) is 5.32 Å². The largest absolute Gasteiger partial charge is 0.480 e. The van der Waals surface area contributed by atoms with Crippen LogP contribution in [0.2, 0.25) is 0 Å². The Morgan fingerprint density at radius 3 is 2.18 bits per heavy atom. The molecule has 17 heavy (non-hydrogen) atoms. The first-order valence-corrected chi connectivity index (χ1v) is 6.08. The number of rotatable bonds is 6. The van der Waals surface area contributed by atoms with E-state index in [1.165, 1.54) is 13.8 Å². The van der Waals surface area contributed by atoms with E-state index in [9.17, 15) is 19.5 Å². The third-order valence-electron chi connectivity index (χ3n) is 2.03. The summed E-state index contributed by atoms with van der Waals surface area (Å²) in [6, 6.07) is -1.33. The first-order chi connectivity index (χ1) is 7.75. The van der Waals surface area contributed by atoms with Crippen molar-refractivity contribution in [3.63, 3.8) is 0 Å². The molecule has 3 N–H and O–H groups in total. The van der Waals surface area contributed by atoms with Gasteiger partial charge in [-0.1, -0.05) is 18.7 Å². The zero-order valence-electron chi connectivity index (χ0n) is 9.97. The Morgan fingerprint density at radius 1 is 1.29 bits per heavy atom. The van der Waals surface area contributed by atoms with E-state index in [1.54, 1.807) is 6.92 Å². The molecule has 7 heteroatoms. The number of carboxylic acids is 1. The molecule has 0 rings (SSSR count). The lowest BCUT2D eigenvalue weighted by Crippen LogP contribution is -2.49. The maximum Gasteiger partial charge on any atom is 0.328 e. The molecule has 0 aliphatic carbocycles. The van der Waals surface area contributed by atoms with Gasteiger partial charge in [0.2, 0.25) is 5.91 Å². The highest BCUT2D eigenvalue weighted by molar-refractivity contribution is 8.13. The number of aliphatic carboxylic acids is 1. The molecule has 98 valence electrons. The van der Waals surface area contributed by atoms with Gasteiger partial charge in [0, 0.05) is 18.6 Å². The van der Waals surface area contributed by atoms with Crippen LogP contribution >= 0.6 is 11.8 Å². The van der Waals surface area contributed by atoms with E-state index in [0.29, 0.717) is 0 Å². The number of hydrogen-bond donors (Lipinski definition) is 3. The fraction of sp³-hybridized carbons (Fsp3) is 0.700. The van der Waals surface area contributed by atoms with Gasteiger partial charge < -0.3 is 15.5 Å². The number of amides is 1. The number of aliphatic hydroxyl groups is 1. The highest BCUT2D eigenvalue weighted by atomic mass is 32.2. The summed E-state index contributed by atoms with van der Waals surface area (Å²) in [5.74, 6) is -2.00. The van der Waals surface area contributed by atoms with Gasteiger partial charge in [-0.25, -0.2) is 4.79 Å². The number of carbonyl (C=O) groups is 3. The highest BCUT2D eigenvalue weighted by Crippen LogP contribution is 2.09. The number of nitrogens with one attached hydrogen (secondary N) is 1. The van der Waals surface area contributed by atoms with Gasteiger partial charge in [0.15, 0.2) is 11.2 Å². The fourth-order valence-electron chi connectivity index (χ4n) is 1.00. The van der Waals surface area contributed by atoms with Crippen molar-refractivity contribution in [1.29, 1.82) is 0 Å². The summed E-state index contributed by atoms with van der Waals surface area (Å²) in [5.41, 5.74) is 0. The van der Waals surface area contributed by atoms with Crippen molar-refractivity contribution < 1.29 is 24.6 Å². The predicted molar refractivity (Wildman–Crippen MR) is 63.6 cm³/mol. The van der Waals surface area contributed by atoms with E-state index in [-0.39, 0.29) is 10.9 Å². The Hall–Kier alpha value is -1.08. The Morgan fingerprint density at radius 2 is 1.82 bits per heavy atom. The second kappa shape index (κ2) is 7.29. The molecule has 0 aromatic heterocycles. The third kappa shape index (κ3) is 6.28. The minimum atomic E-state index is -1.33. The Kier molecular flexibility index (Phi) is 6.82. The molecule has 1 amide bonds. The summed E-state index contributed by atoms with van der Waals surface area (Å²) in [5, 5.41) is 20.1. The smallest absolute Gasteiger partial charge is 0.328 e. The van der Waals surface area contributed by atoms with Crippen LogP contribution in [0.15, 0.2) is 0 Å². The third-order valence-corrected chi connectivity index (χ3v) is 3.10. The summed E-state index contributed by atoms with van der Waals surface area (Å²) >= 11 is 1.00. The zero-order valence-corrected chi connectivity index (χ0v) is 10.8. The summed E-state index contributed by atoms with van der Waals surface area (Å²) < 4.78 is 0. The topological polar surface area (TPSA) is 104 Å². The molecule has 0 spiro atoms. The standard InChI is InChI=1S/C10H17NO5S/c1-5(4-17-7(3)13)9(14)11-8(6(2)12)10(15)16/h5-6,8,12H,4H2,1-3H3,(H,11,14)(H,15,16)/t5?,6?,8-/m0/s1. The fourth-order valence-corrected chi connectivity index (χ4v) is 1.64. The molecule has 0 fully saturated rings. The van der Waals surface area contributed by atoms with Crippen LogP contribution in [0.4, 0.5) is 0 Å². The monoisotopic (exact) mass is 263 g/mol. The van der Waals surface area contributed by atoms with Crippen LogP contribution < -0.4 is 5.32 Å². The van der Waals surface area contributed by atoms with Gasteiger partial charge in [0.05, 0.1) is 6.10 Å². The number of thioether (sulfide) groups is 1.